The molecule has 5 heteroatoms. The third-order valence-corrected chi connectivity index (χ3v) is 4.20. The predicted molar refractivity (Wildman–Crippen MR) is 81.3 cm³/mol. The van der Waals surface area contributed by atoms with Crippen molar-refractivity contribution in [3.05, 3.63) is 28.2 Å². The minimum Gasteiger partial charge on any atom is -0.358 e. The van der Waals surface area contributed by atoms with Gasteiger partial charge in [0.2, 0.25) is 5.91 Å². The highest BCUT2D eigenvalue weighted by Crippen LogP contribution is 2.30. The van der Waals surface area contributed by atoms with E-state index in [9.17, 15) is 4.79 Å². The normalized spacial score (nSPS) is 20.6. The number of anilines is 1. The van der Waals surface area contributed by atoms with Crippen LogP contribution in [0.1, 0.15) is 12.0 Å². The molecule has 1 heterocycles. The summed E-state index contributed by atoms with van der Waals surface area (Å²) in [6, 6.07) is 5.92. The van der Waals surface area contributed by atoms with Crippen molar-refractivity contribution in [2.75, 3.05) is 31.6 Å². The van der Waals surface area contributed by atoms with E-state index in [4.69, 9.17) is 5.73 Å². The number of rotatable bonds is 2. The van der Waals surface area contributed by atoms with Crippen LogP contribution in [0.2, 0.25) is 0 Å². The van der Waals surface area contributed by atoms with Gasteiger partial charge in [0.1, 0.15) is 6.04 Å². The minimum absolute atomic E-state index is 0.104. The molecule has 0 bridgehead atoms. The molecule has 104 valence electrons. The first-order valence-corrected chi connectivity index (χ1v) is 7.31. The van der Waals surface area contributed by atoms with Crippen LogP contribution in [0, 0.1) is 6.92 Å². The van der Waals surface area contributed by atoms with Gasteiger partial charge in [-0.2, -0.15) is 0 Å². The lowest BCUT2D eigenvalue weighted by Crippen LogP contribution is -2.49. The summed E-state index contributed by atoms with van der Waals surface area (Å²) in [7, 11) is 1.85. The summed E-state index contributed by atoms with van der Waals surface area (Å²) in [5.74, 6) is 0.104. The topological polar surface area (TPSA) is 49.6 Å². The largest absolute Gasteiger partial charge is 0.358 e. The van der Waals surface area contributed by atoms with E-state index in [0.29, 0.717) is 6.54 Å². The molecule has 0 spiro atoms. The number of carbonyl (C=O) groups is 1. The van der Waals surface area contributed by atoms with Crippen molar-refractivity contribution in [3.63, 3.8) is 0 Å². The highest BCUT2D eigenvalue weighted by Gasteiger charge is 2.30. The van der Waals surface area contributed by atoms with Gasteiger partial charge in [-0.05, 0) is 47.0 Å². The zero-order chi connectivity index (χ0) is 14.0. The smallest absolute Gasteiger partial charge is 0.246 e. The molecule has 1 aliphatic rings. The van der Waals surface area contributed by atoms with Crippen LogP contribution in [-0.2, 0) is 4.79 Å². The van der Waals surface area contributed by atoms with Crippen LogP contribution in [0.15, 0.2) is 22.7 Å². The van der Waals surface area contributed by atoms with E-state index >= 15 is 0 Å². The Balaban J connectivity index is 2.37. The molecule has 0 saturated carbocycles. The first-order chi connectivity index (χ1) is 9.04. The van der Waals surface area contributed by atoms with E-state index in [0.717, 1.165) is 29.7 Å². The molecule has 1 aromatic rings. The van der Waals surface area contributed by atoms with Crippen molar-refractivity contribution in [1.29, 1.82) is 0 Å². The van der Waals surface area contributed by atoms with Crippen LogP contribution in [0.25, 0.3) is 0 Å². The molecule has 1 amide bonds. The van der Waals surface area contributed by atoms with Gasteiger partial charge in [-0.25, -0.2) is 0 Å². The number of carbonyl (C=O) groups excluding carboxylic acids is 1. The molecule has 1 fully saturated rings. The Labute approximate surface area is 122 Å². The number of amides is 1. The van der Waals surface area contributed by atoms with E-state index in [1.54, 1.807) is 4.90 Å². The summed E-state index contributed by atoms with van der Waals surface area (Å²) >= 11 is 3.59. The molecule has 2 N–H and O–H groups in total. The predicted octanol–water partition coefficient (Wildman–Crippen LogP) is 1.75. The van der Waals surface area contributed by atoms with Gasteiger partial charge >= 0.3 is 0 Å². The average molecular weight is 326 g/mol. The highest BCUT2D eigenvalue weighted by molar-refractivity contribution is 9.10. The number of aryl methyl sites for hydroxylation is 1. The van der Waals surface area contributed by atoms with E-state index < -0.39 is 0 Å². The molecule has 2 rings (SSSR count). The van der Waals surface area contributed by atoms with Gasteiger partial charge in [0.05, 0.1) is 5.69 Å². The third kappa shape index (κ3) is 2.92. The number of hydrogen-bond donors (Lipinski definition) is 1. The number of nitrogens with two attached hydrogens (primary N) is 1. The summed E-state index contributed by atoms with van der Waals surface area (Å²) in [5, 5.41) is 0. The fourth-order valence-corrected chi connectivity index (χ4v) is 3.21. The molecule has 19 heavy (non-hydrogen) atoms. The Hall–Kier alpha value is -1.07. The van der Waals surface area contributed by atoms with Gasteiger partial charge in [-0.3, -0.25) is 4.79 Å². The molecule has 0 aliphatic carbocycles. The zero-order valence-electron chi connectivity index (χ0n) is 11.4. The summed E-state index contributed by atoms with van der Waals surface area (Å²) in [5.41, 5.74) is 8.07. The van der Waals surface area contributed by atoms with E-state index in [1.807, 2.05) is 7.05 Å². The molecule has 1 unspecified atom stereocenters. The number of halogens is 1. The second kappa shape index (κ2) is 5.92. The molecular formula is C14H20BrN3O. The zero-order valence-corrected chi connectivity index (χ0v) is 13.0. The first kappa shape index (κ1) is 14.3. The van der Waals surface area contributed by atoms with Gasteiger partial charge in [-0.1, -0.05) is 6.07 Å². The maximum absolute atomic E-state index is 12.3. The van der Waals surface area contributed by atoms with Gasteiger partial charge in [0.15, 0.2) is 0 Å². The molecule has 1 saturated heterocycles. The Kier molecular flexibility index (Phi) is 4.47. The van der Waals surface area contributed by atoms with Crippen molar-refractivity contribution >= 4 is 27.5 Å². The van der Waals surface area contributed by atoms with Crippen molar-refractivity contribution in [1.82, 2.24) is 4.90 Å². The Morgan fingerprint density at radius 2 is 2.16 bits per heavy atom. The Morgan fingerprint density at radius 1 is 1.42 bits per heavy atom. The summed E-state index contributed by atoms with van der Waals surface area (Å²) in [6.07, 6.45) is 0.957. The highest BCUT2D eigenvalue weighted by atomic mass is 79.9. The lowest BCUT2D eigenvalue weighted by molar-refractivity contribution is -0.130. The minimum atomic E-state index is -0.272. The van der Waals surface area contributed by atoms with Gasteiger partial charge in [-0.15, -0.1) is 0 Å². The second-order valence-corrected chi connectivity index (χ2v) is 5.87. The van der Waals surface area contributed by atoms with Crippen LogP contribution in [0.5, 0.6) is 0 Å². The molecule has 1 aromatic carbocycles. The van der Waals surface area contributed by atoms with E-state index in [2.05, 4.69) is 46.0 Å². The monoisotopic (exact) mass is 325 g/mol. The molecule has 0 radical (unpaired) electrons. The Bertz CT molecular complexity index is 478. The maximum atomic E-state index is 12.3. The first-order valence-electron chi connectivity index (χ1n) is 6.52. The van der Waals surface area contributed by atoms with Crippen molar-refractivity contribution in [2.24, 2.45) is 5.73 Å². The van der Waals surface area contributed by atoms with Crippen molar-refractivity contribution < 1.29 is 4.79 Å². The molecular weight excluding hydrogens is 306 g/mol. The number of benzene rings is 1. The fraction of sp³-hybridized carbons (Fsp3) is 0.500. The Morgan fingerprint density at radius 3 is 2.79 bits per heavy atom. The van der Waals surface area contributed by atoms with Gasteiger partial charge in [0.25, 0.3) is 0 Å². The standard InChI is InChI=1S/C14H20BrN3O/c1-10-4-5-12(11(15)8-10)18-7-3-6-17(2)14(19)13(18)9-16/h4-5,8,13H,3,6-7,9,16H2,1-2H3. The van der Waals surface area contributed by atoms with Crippen LogP contribution in [0.4, 0.5) is 5.69 Å². The van der Waals surface area contributed by atoms with Gasteiger partial charge in [0, 0.05) is 31.2 Å². The fourth-order valence-electron chi connectivity index (χ4n) is 2.49. The van der Waals surface area contributed by atoms with Crippen LogP contribution in [0.3, 0.4) is 0 Å². The quantitative estimate of drug-likeness (QED) is 0.901. The van der Waals surface area contributed by atoms with Gasteiger partial charge < -0.3 is 15.5 Å². The molecule has 1 aliphatic heterocycles. The van der Waals surface area contributed by atoms with Crippen LogP contribution >= 0.6 is 15.9 Å². The van der Waals surface area contributed by atoms with Crippen molar-refractivity contribution in [2.45, 2.75) is 19.4 Å². The lowest BCUT2D eigenvalue weighted by atomic mass is 10.1. The SMILES string of the molecule is Cc1ccc(N2CCCN(C)C(=O)C2CN)c(Br)c1. The summed E-state index contributed by atoms with van der Waals surface area (Å²) in [4.78, 5) is 16.2. The summed E-state index contributed by atoms with van der Waals surface area (Å²) in [6.45, 7) is 4.02. The third-order valence-electron chi connectivity index (χ3n) is 3.57. The van der Waals surface area contributed by atoms with Crippen LogP contribution in [-0.4, -0.2) is 43.5 Å². The number of likely N-dealkylation sites (N-methyl/N-ethyl adjacent to an activating group) is 1. The molecule has 1 atom stereocenters. The second-order valence-electron chi connectivity index (χ2n) is 5.01. The number of hydrogen-bond acceptors (Lipinski definition) is 3. The lowest BCUT2D eigenvalue weighted by Gasteiger charge is -2.31. The molecule has 4 nitrogen and oxygen atoms in total. The van der Waals surface area contributed by atoms with E-state index in [1.165, 1.54) is 5.56 Å². The molecule has 0 aromatic heterocycles. The maximum Gasteiger partial charge on any atom is 0.246 e. The number of nitrogens with zero attached hydrogens (tertiary/aromatic N) is 2. The van der Waals surface area contributed by atoms with Crippen molar-refractivity contribution in [3.8, 4) is 0 Å². The average Bonchev–Trinajstić information content (AvgIpc) is 2.50. The summed E-state index contributed by atoms with van der Waals surface area (Å²) < 4.78 is 1.02. The van der Waals surface area contributed by atoms with Crippen LogP contribution < -0.4 is 10.6 Å². The van der Waals surface area contributed by atoms with E-state index in [-0.39, 0.29) is 11.9 Å².